The van der Waals surface area contributed by atoms with Crippen LogP contribution in [0.3, 0.4) is 0 Å². The first-order valence-electron chi connectivity index (χ1n) is 5.95. The lowest BCUT2D eigenvalue weighted by atomic mass is 10.2. The monoisotopic (exact) mass is 273 g/mol. The summed E-state index contributed by atoms with van der Waals surface area (Å²) in [7, 11) is 0. The molecule has 1 aliphatic heterocycles. The molecular weight excluding hydrogens is 256 g/mol. The van der Waals surface area contributed by atoms with Gasteiger partial charge in [0.2, 0.25) is 0 Å². The summed E-state index contributed by atoms with van der Waals surface area (Å²) in [6.07, 6.45) is 0. The first-order chi connectivity index (χ1) is 8.66. The maximum Gasteiger partial charge on any atom is 0.151 e. The van der Waals surface area contributed by atoms with Gasteiger partial charge in [0.05, 0.1) is 11.4 Å². The number of rotatable bonds is 4. The zero-order valence-electron chi connectivity index (χ0n) is 10.1. The molecule has 6 heteroatoms. The van der Waals surface area contributed by atoms with E-state index in [0.29, 0.717) is 12.2 Å². The minimum atomic E-state index is -0.716. The Morgan fingerprint density at radius 3 is 2.72 bits per heavy atom. The Balaban J connectivity index is 1.86. The van der Waals surface area contributed by atoms with Crippen LogP contribution in [0.2, 0.25) is 0 Å². The summed E-state index contributed by atoms with van der Waals surface area (Å²) in [4.78, 5) is 2.33. The Hall–Kier alpha value is -1.01. The normalized spacial score (nSPS) is 16.8. The maximum atomic E-state index is 13.2. The second-order valence-corrected chi connectivity index (χ2v) is 5.45. The molecule has 3 N–H and O–H groups in total. The number of thioether (sulfide) groups is 1. The summed E-state index contributed by atoms with van der Waals surface area (Å²) >= 11 is 1.95. The van der Waals surface area contributed by atoms with Crippen molar-refractivity contribution in [1.29, 1.82) is 0 Å². The molecule has 1 aliphatic rings. The first-order valence-corrected chi connectivity index (χ1v) is 7.11. The van der Waals surface area contributed by atoms with Gasteiger partial charge in [-0.15, -0.1) is 0 Å². The molecule has 0 bridgehead atoms. The van der Waals surface area contributed by atoms with Crippen LogP contribution in [0.25, 0.3) is 0 Å². The molecule has 1 saturated heterocycles. The highest BCUT2D eigenvalue weighted by molar-refractivity contribution is 7.99. The van der Waals surface area contributed by atoms with Crippen molar-refractivity contribution >= 4 is 23.1 Å². The zero-order valence-corrected chi connectivity index (χ0v) is 10.9. The summed E-state index contributed by atoms with van der Waals surface area (Å²) in [6.45, 7) is 3.63. The van der Waals surface area contributed by atoms with Crippen molar-refractivity contribution in [3.8, 4) is 0 Å². The van der Waals surface area contributed by atoms with E-state index in [1.807, 2.05) is 11.8 Å². The lowest BCUT2D eigenvalue weighted by Gasteiger charge is -2.26. The fourth-order valence-electron chi connectivity index (χ4n) is 1.90. The number of nitrogens with one attached hydrogen (secondary N) is 1. The van der Waals surface area contributed by atoms with E-state index < -0.39 is 11.6 Å². The molecule has 0 atom stereocenters. The Morgan fingerprint density at radius 2 is 2.00 bits per heavy atom. The van der Waals surface area contributed by atoms with Gasteiger partial charge in [0.15, 0.2) is 5.82 Å². The fourth-order valence-corrected chi connectivity index (χ4v) is 2.88. The minimum absolute atomic E-state index is 0.0226. The quantitative estimate of drug-likeness (QED) is 0.823. The van der Waals surface area contributed by atoms with E-state index in [0.717, 1.165) is 37.2 Å². The average Bonchev–Trinajstić information content (AvgIpc) is 2.36. The molecule has 1 fully saturated rings. The minimum Gasteiger partial charge on any atom is -0.395 e. The van der Waals surface area contributed by atoms with Gasteiger partial charge in [0.1, 0.15) is 5.82 Å². The van der Waals surface area contributed by atoms with Gasteiger partial charge in [-0.1, -0.05) is 0 Å². The van der Waals surface area contributed by atoms with Crippen molar-refractivity contribution in [2.45, 2.75) is 0 Å². The van der Waals surface area contributed by atoms with Crippen LogP contribution in [0.4, 0.5) is 20.2 Å². The molecule has 0 radical (unpaired) electrons. The van der Waals surface area contributed by atoms with Gasteiger partial charge in [0.25, 0.3) is 0 Å². The predicted molar refractivity (Wildman–Crippen MR) is 73.0 cm³/mol. The number of nitrogens with two attached hydrogens (primary N) is 1. The van der Waals surface area contributed by atoms with Crippen molar-refractivity contribution in [3.63, 3.8) is 0 Å². The summed E-state index contributed by atoms with van der Waals surface area (Å²) in [6, 6.07) is 2.02. The van der Waals surface area contributed by atoms with Crippen molar-refractivity contribution in [1.82, 2.24) is 4.90 Å². The largest absolute Gasteiger partial charge is 0.395 e. The third-order valence-corrected chi connectivity index (χ3v) is 3.88. The molecule has 0 aromatic heterocycles. The number of hydrogen-bond donors (Lipinski definition) is 2. The molecule has 100 valence electrons. The fraction of sp³-hybridized carbons (Fsp3) is 0.500. The lowest BCUT2D eigenvalue weighted by Crippen LogP contribution is -2.36. The standard InChI is InChI=1S/C12H17F2N3S/c13-9-7-10(14)12(15)11(8-9)16-1-2-17-3-5-18-6-4-17/h7-8,16H,1-6,15H2. The van der Waals surface area contributed by atoms with Crippen molar-refractivity contribution in [2.75, 3.05) is 48.7 Å². The molecule has 1 aromatic carbocycles. The van der Waals surface area contributed by atoms with Crippen LogP contribution in [0, 0.1) is 11.6 Å². The van der Waals surface area contributed by atoms with E-state index in [1.165, 1.54) is 6.07 Å². The predicted octanol–water partition coefficient (Wildman–Crippen LogP) is 2.01. The number of nitrogens with zero attached hydrogens (tertiary/aromatic N) is 1. The third kappa shape index (κ3) is 3.49. The third-order valence-electron chi connectivity index (χ3n) is 2.94. The highest BCUT2D eigenvalue weighted by Crippen LogP contribution is 2.23. The van der Waals surface area contributed by atoms with Crippen LogP contribution >= 0.6 is 11.8 Å². The van der Waals surface area contributed by atoms with Gasteiger partial charge in [0, 0.05) is 43.8 Å². The van der Waals surface area contributed by atoms with Gasteiger partial charge in [-0.05, 0) is 6.07 Å². The number of benzene rings is 1. The molecule has 0 aliphatic carbocycles. The van der Waals surface area contributed by atoms with Crippen LogP contribution in [0.5, 0.6) is 0 Å². The van der Waals surface area contributed by atoms with Gasteiger partial charge in [-0.25, -0.2) is 8.78 Å². The Bertz CT molecular complexity index is 409. The molecule has 0 spiro atoms. The zero-order chi connectivity index (χ0) is 13.0. The topological polar surface area (TPSA) is 41.3 Å². The highest BCUT2D eigenvalue weighted by Gasteiger charge is 2.11. The molecule has 2 rings (SSSR count). The molecule has 3 nitrogen and oxygen atoms in total. The second kappa shape index (κ2) is 6.24. The highest BCUT2D eigenvalue weighted by atomic mass is 32.2. The van der Waals surface area contributed by atoms with Crippen molar-refractivity contribution < 1.29 is 8.78 Å². The van der Waals surface area contributed by atoms with Crippen LogP contribution < -0.4 is 11.1 Å². The van der Waals surface area contributed by atoms with Crippen LogP contribution in [-0.2, 0) is 0 Å². The summed E-state index contributed by atoms with van der Waals surface area (Å²) in [5.74, 6) is 0.971. The molecule has 0 unspecified atom stereocenters. The summed E-state index contributed by atoms with van der Waals surface area (Å²) < 4.78 is 26.2. The summed E-state index contributed by atoms with van der Waals surface area (Å²) in [5.41, 5.74) is 5.86. The number of anilines is 2. The lowest BCUT2D eigenvalue weighted by molar-refractivity contribution is 0.314. The molecule has 1 heterocycles. The van der Waals surface area contributed by atoms with E-state index in [1.54, 1.807) is 0 Å². The van der Waals surface area contributed by atoms with E-state index in [4.69, 9.17) is 5.73 Å². The second-order valence-electron chi connectivity index (χ2n) is 4.23. The number of nitrogen functional groups attached to an aromatic ring is 1. The maximum absolute atomic E-state index is 13.2. The number of hydrogen-bond acceptors (Lipinski definition) is 4. The molecule has 18 heavy (non-hydrogen) atoms. The SMILES string of the molecule is Nc1c(F)cc(F)cc1NCCN1CCSCC1. The average molecular weight is 273 g/mol. The number of halogens is 2. The van der Waals surface area contributed by atoms with E-state index in [2.05, 4.69) is 10.2 Å². The summed E-state index contributed by atoms with van der Waals surface area (Å²) in [5, 5.41) is 2.99. The van der Waals surface area contributed by atoms with Gasteiger partial charge in [-0.3, -0.25) is 4.90 Å². The van der Waals surface area contributed by atoms with E-state index >= 15 is 0 Å². The Morgan fingerprint density at radius 1 is 1.28 bits per heavy atom. The first kappa shape index (κ1) is 13.4. The molecule has 1 aromatic rings. The van der Waals surface area contributed by atoms with E-state index in [-0.39, 0.29) is 5.69 Å². The molecular formula is C12H17F2N3S. The Labute approximate surface area is 110 Å². The van der Waals surface area contributed by atoms with Crippen molar-refractivity contribution in [2.24, 2.45) is 0 Å². The molecule has 0 saturated carbocycles. The van der Waals surface area contributed by atoms with Crippen LogP contribution in [0.1, 0.15) is 0 Å². The van der Waals surface area contributed by atoms with Gasteiger partial charge in [-0.2, -0.15) is 11.8 Å². The Kier molecular flexibility index (Phi) is 4.66. The van der Waals surface area contributed by atoms with E-state index in [9.17, 15) is 8.78 Å². The van der Waals surface area contributed by atoms with Crippen LogP contribution in [0.15, 0.2) is 12.1 Å². The van der Waals surface area contributed by atoms with Crippen molar-refractivity contribution in [3.05, 3.63) is 23.8 Å². The molecule has 0 amide bonds. The van der Waals surface area contributed by atoms with Gasteiger partial charge >= 0.3 is 0 Å². The van der Waals surface area contributed by atoms with Crippen LogP contribution in [-0.4, -0.2) is 42.6 Å². The smallest absolute Gasteiger partial charge is 0.151 e. The van der Waals surface area contributed by atoms with Gasteiger partial charge < -0.3 is 11.1 Å².